The Kier molecular flexibility index (Phi) is 3.18. The smallest absolute Gasteiger partial charge is 0.267 e. The maximum absolute atomic E-state index is 12.2. The summed E-state index contributed by atoms with van der Waals surface area (Å²) in [5.41, 5.74) is 3.48. The van der Waals surface area contributed by atoms with Gasteiger partial charge >= 0.3 is 0 Å². The van der Waals surface area contributed by atoms with Crippen molar-refractivity contribution in [3.8, 4) is 0 Å². The van der Waals surface area contributed by atoms with Crippen LogP contribution in [0.2, 0.25) is 0 Å². The molecule has 0 N–H and O–H groups in total. The summed E-state index contributed by atoms with van der Waals surface area (Å²) in [5.74, 6) is 2.11. The van der Waals surface area contributed by atoms with Crippen LogP contribution in [0.25, 0.3) is 0 Å². The van der Waals surface area contributed by atoms with Gasteiger partial charge in [-0.2, -0.15) is 5.10 Å². The zero-order valence-corrected chi connectivity index (χ0v) is 13.7. The number of fused-ring (bicyclic) bond motifs is 1. The molecule has 3 heterocycles. The number of hydrogen-bond donors (Lipinski definition) is 0. The van der Waals surface area contributed by atoms with Crippen molar-refractivity contribution < 1.29 is 0 Å². The molecule has 2 aromatic rings. The molecule has 0 unspecified atom stereocenters. The minimum Gasteiger partial charge on any atom is -0.354 e. The number of rotatable bonds is 4. The Balaban J connectivity index is 1.29. The van der Waals surface area contributed by atoms with E-state index in [1.54, 1.807) is 23.1 Å². The standard InChI is InChI=1S/C18H21N5O/c24-16-8-14-2-1-3-15(14)21-23(16)11-12-9-22(10-12)18-17(13-4-5-13)19-6-7-20-18/h6-8,12-13H,1-5,9-11H2. The van der Waals surface area contributed by atoms with Gasteiger partial charge < -0.3 is 4.90 Å². The van der Waals surface area contributed by atoms with Gasteiger partial charge in [0, 0.05) is 43.4 Å². The molecule has 6 nitrogen and oxygen atoms in total. The topological polar surface area (TPSA) is 63.9 Å². The van der Waals surface area contributed by atoms with Crippen molar-refractivity contribution in [2.24, 2.45) is 5.92 Å². The van der Waals surface area contributed by atoms with E-state index < -0.39 is 0 Å². The lowest BCUT2D eigenvalue weighted by Crippen LogP contribution is -2.50. The van der Waals surface area contributed by atoms with Crippen molar-refractivity contribution in [1.82, 2.24) is 19.7 Å². The highest BCUT2D eigenvalue weighted by molar-refractivity contribution is 5.48. The van der Waals surface area contributed by atoms with Gasteiger partial charge in [0.25, 0.3) is 5.56 Å². The van der Waals surface area contributed by atoms with Crippen LogP contribution in [0.4, 0.5) is 5.82 Å². The molecular weight excluding hydrogens is 302 g/mol. The van der Waals surface area contributed by atoms with Gasteiger partial charge in [0.15, 0.2) is 5.82 Å². The molecule has 2 aliphatic carbocycles. The Morgan fingerprint density at radius 1 is 1.12 bits per heavy atom. The molecule has 1 saturated heterocycles. The second-order valence-electron chi connectivity index (χ2n) is 7.30. The Hall–Kier alpha value is -2.24. The third kappa shape index (κ3) is 2.41. The number of anilines is 1. The van der Waals surface area contributed by atoms with Crippen molar-refractivity contribution in [2.45, 2.75) is 44.6 Å². The summed E-state index contributed by atoms with van der Waals surface area (Å²) >= 11 is 0. The molecule has 1 aliphatic heterocycles. The molecule has 3 aliphatic rings. The van der Waals surface area contributed by atoms with E-state index in [1.807, 2.05) is 0 Å². The fourth-order valence-electron chi connectivity index (χ4n) is 3.90. The number of aromatic nitrogens is 4. The molecular formula is C18H21N5O. The second-order valence-corrected chi connectivity index (χ2v) is 7.30. The van der Waals surface area contributed by atoms with E-state index in [4.69, 9.17) is 0 Å². The summed E-state index contributed by atoms with van der Waals surface area (Å²) in [7, 11) is 0. The van der Waals surface area contributed by atoms with Gasteiger partial charge in [-0.3, -0.25) is 9.78 Å². The van der Waals surface area contributed by atoms with Crippen LogP contribution < -0.4 is 10.5 Å². The van der Waals surface area contributed by atoms with Crippen LogP contribution in [-0.4, -0.2) is 32.8 Å². The second kappa shape index (κ2) is 5.40. The van der Waals surface area contributed by atoms with E-state index in [0.717, 1.165) is 55.1 Å². The molecule has 24 heavy (non-hydrogen) atoms. The quantitative estimate of drug-likeness (QED) is 0.854. The summed E-state index contributed by atoms with van der Waals surface area (Å²) in [5, 5.41) is 4.59. The Labute approximate surface area is 140 Å². The fourth-order valence-corrected chi connectivity index (χ4v) is 3.90. The van der Waals surface area contributed by atoms with Gasteiger partial charge in [-0.15, -0.1) is 0 Å². The molecule has 124 valence electrons. The lowest BCUT2D eigenvalue weighted by molar-refractivity contribution is 0.330. The lowest BCUT2D eigenvalue weighted by atomic mass is 9.99. The van der Waals surface area contributed by atoms with Crippen molar-refractivity contribution in [3.05, 3.63) is 45.8 Å². The van der Waals surface area contributed by atoms with Crippen LogP contribution in [-0.2, 0) is 19.4 Å². The van der Waals surface area contributed by atoms with E-state index in [9.17, 15) is 4.79 Å². The van der Waals surface area contributed by atoms with Crippen molar-refractivity contribution in [1.29, 1.82) is 0 Å². The molecule has 2 fully saturated rings. The van der Waals surface area contributed by atoms with Crippen LogP contribution in [0.15, 0.2) is 23.3 Å². The SMILES string of the molecule is O=c1cc2c(nn1CC1CN(c3nccnc3C3CC3)C1)CCC2. The van der Waals surface area contributed by atoms with Crippen LogP contribution >= 0.6 is 0 Å². The Morgan fingerprint density at radius 2 is 1.96 bits per heavy atom. The first-order valence-electron chi connectivity index (χ1n) is 8.93. The van der Waals surface area contributed by atoms with E-state index in [1.165, 1.54) is 12.8 Å². The highest BCUT2D eigenvalue weighted by Gasteiger charge is 2.35. The van der Waals surface area contributed by atoms with Crippen LogP contribution in [0, 0.1) is 5.92 Å². The minimum absolute atomic E-state index is 0.0484. The van der Waals surface area contributed by atoms with E-state index >= 15 is 0 Å². The third-order valence-corrected chi connectivity index (χ3v) is 5.38. The third-order valence-electron chi connectivity index (χ3n) is 5.38. The molecule has 0 aromatic carbocycles. The Morgan fingerprint density at radius 3 is 2.79 bits per heavy atom. The molecule has 0 radical (unpaired) electrons. The maximum Gasteiger partial charge on any atom is 0.267 e. The van der Waals surface area contributed by atoms with Gasteiger partial charge in [0.05, 0.1) is 17.9 Å². The fraction of sp³-hybridized carbons (Fsp3) is 0.556. The average Bonchev–Trinajstić information content (AvgIpc) is 3.30. The number of aryl methyl sites for hydroxylation is 2. The van der Waals surface area contributed by atoms with Crippen molar-refractivity contribution in [3.63, 3.8) is 0 Å². The number of nitrogens with zero attached hydrogens (tertiary/aromatic N) is 5. The first kappa shape index (κ1) is 14.1. The molecule has 0 atom stereocenters. The summed E-state index contributed by atoms with van der Waals surface area (Å²) in [6.45, 7) is 2.58. The van der Waals surface area contributed by atoms with Crippen molar-refractivity contribution in [2.75, 3.05) is 18.0 Å². The van der Waals surface area contributed by atoms with Gasteiger partial charge in [-0.25, -0.2) is 9.67 Å². The molecule has 6 heteroatoms. The van der Waals surface area contributed by atoms with Gasteiger partial charge in [0.1, 0.15) is 0 Å². The summed E-state index contributed by atoms with van der Waals surface area (Å²) in [6.07, 6.45) is 9.18. The highest BCUT2D eigenvalue weighted by Crippen LogP contribution is 2.43. The van der Waals surface area contributed by atoms with Gasteiger partial charge in [-0.05, 0) is 37.7 Å². The highest BCUT2D eigenvalue weighted by atomic mass is 16.1. The average molecular weight is 323 g/mol. The summed E-state index contributed by atoms with van der Waals surface area (Å²) < 4.78 is 1.67. The predicted octanol–water partition coefficient (Wildman–Crippen LogP) is 1.54. The molecule has 2 aromatic heterocycles. The number of hydrogen-bond acceptors (Lipinski definition) is 5. The molecule has 0 amide bonds. The van der Waals surface area contributed by atoms with Gasteiger partial charge in [0.2, 0.25) is 0 Å². The van der Waals surface area contributed by atoms with E-state index in [0.29, 0.717) is 18.4 Å². The summed E-state index contributed by atoms with van der Waals surface area (Å²) in [4.78, 5) is 23.6. The van der Waals surface area contributed by atoms with Gasteiger partial charge in [-0.1, -0.05) is 0 Å². The largest absolute Gasteiger partial charge is 0.354 e. The Bertz CT molecular complexity index is 836. The summed E-state index contributed by atoms with van der Waals surface area (Å²) in [6, 6.07) is 1.79. The molecule has 5 rings (SSSR count). The first-order chi connectivity index (χ1) is 11.8. The van der Waals surface area contributed by atoms with Crippen LogP contribution in [0.1, 0.15) is 42.1 Å². The van der Waals surface area contributed by atoms with Crippen LogP contribution in [0.3, 0.4) is 0 Å². The van der Waals surface area contributed by atoms with Crippen LogP contribution in [0.5, 0.6) is 0 Å². The molecule has 0 spiro atoms. The molecule has 0 bridgehead atoms. The maximum atomic E-state index is 12.2. The van der Waals surface area contributed by atoms with Crippen molar-refractivity contribution >= 4 is 5.82 Å². The zero-order valence-electron chi connectivity index (χ0n) is 13.7. The lowest BCUT2D eigenvalue weighted by Gasteiger charge is -2.40. The molecule has 1 saturated carbocycles. The zero-order chi connectivity index (χ0) is 16.1. The minimum atomic E-state index is 0.0484. The predicted molar refractivity (Wildman–Crippen MR) is 90.2 cm³/mol. The van der Waals surface area contributed by atoms with E-state index in [2.05, 4.69) is 20.0 Å². The van der Waals surface area contributed by atoms with E-state index in [-0.39, 0.29) is 5.56 Å². The first-order valence-corrected chi connectivity index (χ1v) is 8.93. The normalized spacial score (nSPS) is 20.1. The monoisotopic (exact) mass is 323 g/mol.